The Kier molecular flexibility index (Phi) is 4.57. The van der Waals surface area contributed by atoms with Gasteiger partial charge >= 0.3 is 0 Å². The van der Waals surface area contributed by atoms with Crippen molar-refractivity contribution in [2.75, 3.05) is 0 Å². The van der Waals surface area contributed by atoms with E-state index in [0.717, 1.165) is 30.6 Å². The smallest absolute Gasteiger partial charge is 0.166 e. The van der Waals surface area contributed by atoms with Gasteiger partial charge in [0.05, 0.1) is 5.69 Å². The van der Waals surface area contributed by atoms with E-state index >= 15 is 0 Å². The van der Waals surface area contributed by atoms with Crippen LogP contribution in [-0.4, -0.2) is 32.5 Å². The lowest BCUT2D eigenvalue weighted by molar-refractivity contribution is 0.0678. The van der Waals surface area contributed by atoms with Crippen molar-refractivity contribution in [3.63, 3.8) is 0 Å². The number of rotatable bonds is 5. The van der Waals surface area contributed by atoms with Gasteiger partial charge in [0.25, 0.3) is 0 Å². The Morgan fingerprint density at radius 3 is 2.29 bits per heavy atom. The van der Waals surface area contributed by atoms with E-state index in [9.17, 15) is 4.79 Å². The van der Waals surface area contributed by atoms with E-state index in [1.165, 1.54) is 18.4 Å². The van der Waals surface area contributed by atoms with E-state index in [1.54, 1.807) is 6.20 Å². The molecular weight excluding hydrogens is 346 g/mol. The van der Waals surface area contributed by atoms with Gasteiger partial charge in [-0.3, -0.25) is 9.69 Å². The fourth-order valence-electron chi connectivity index (χ4n) is 4.98. The minimum absolute atomic E-state index is 0.153. The highest BCUT2D eigenvalue weighted by Crippen LogP contribution is 2.40. The quantitative estimate of drug-likeness (QED) is 0.620. The highest BCUT2D eigenvalue weighted by atomic mass is 16.1. The second-order valence-corrected chi connectivity index (χ2v) is 8.07. The molecule has 2 aliphatic rings. The molecule has 142 valence electrons. The molecule has 0 amide bonds. The van der Waals surface area contributed by atoms with Gasteiger partial charge in [0.2, 0.25) is 0 Å². The molecule has 0 N–H and O–H groups in total. The predicted molar refractivity (Wildman–Crippen MR) is 109 cm³/mol. The number of carbonyl (C=O) groups is 1. The number of carbonyl (C=O) groups excluding carboxylic acids is 1. The molecule has 2 unspecified atom stereocenters. The maximum Gasteiger partial charge on any atom is 0.166 e. The van der Waals surface area contributed by atoms with E-state index in [0.29, 0.717) is 17.9 Å². The second-order valence-electron chi connectivity index (χ2n) is 8.07. The first-order valence-electron chi connectivity index (χ1n) is 10.2. The Morgan fingerprint density at radius 2 is 1.64 bits per heavy atom. The number of fused-ring (bicyclic) bond motifs is 2. The van der Waals surface area contributed by atoms with Crippen LogP contribution in [0.1, 0.15) is 41.6 Å². The lowest BCUT2D eigenvalue weighted by Gasteiger charge is -2.38. The molecule has 5 rings (SSSR count). The maximum absolute atomic E-state index is 13.1. The first kappa shape index (κ1) is 17.4. The Morgan fingerprint density at radius 1 is 0.929 bits per heavy atom. The van der Waals surface area contributed by atoms with E-state index in [-0.39, 0.29) is 5.92 Å². The number of aromatic nitrogens is 2. The zero-order valence-corrected chi connectivity index (χ0v) is 15.9. The minimum Gasteiger partial charge on any atom is -0.294 e. The van der Waals surface area contributed by atoms with Gasteiger partial charge in [-0.1, -0.05) is 30.3 Å². The van der Waals surface area contributed by atoms with Crippen molar-refractivity contribution in [3.8, 4) is 5.69 Å². The zero-order chi connectivity index (χ0) is 18.9. The van der Waals surface area contributed by atoms with Crippen LogP contribution in [0.25, 0.3) is 5.69 Å². The monoisotopic (exact) mass is 371 g/mol. The van der Waals surface area contributed by atoms with Gasteiger partial charge in [-0.05, 0) is 61.6 Å². The Labute approximate surface area is 165 Å². The van der Waals surface area contributed by atoms with Crippen molar-refractivity contribution in [3.05, 3.63) is 84.2 Å². The third-order valence-electron chi connectivity index (χ3n) is 6.38. The molecule has 2 aliphatic heterocycles. The number of hydrogen-bond acceptors (Lipinski definition) is 3. The van der Waals surface area contributed by atoms with Crippen LogP contribution in [0.4, 0.5) is 0 Å². The first-order valence-corrected chi connectivity index (χ1v) is 10.2. The zero-order valence-electron chi connectivity index (χ0n) is 15.9. The van der Waals surface area contributed by atoms with Gasteiger partial charge in [-0.15, -0.1) is 0 Å². The third kappa shape index (κ3) is 3.29. The van der Waals surface area contributed by atoms with Crippen molar-refractivity contribution in [2.24, 2.45) is 5.92 Å². The molecule has 0 aliphatic carbocycles. The van der Waals surface area contributed by atoms with Gasteiger partial charge in [0, 0.05) is 42.5 Å². The molecule has 4 heteroatoms. The van der Waals surface area contributed by atoms with Crippen LogP contribution in [-0.2, 0) is 6.54 Å². The molecule has 2 fully saturated rings. The van der Waals surface area contributed by atoms with E-state index in [4.69, 9.17) is 0 Å². The summed E-state index contributed by atoms with van der Waals surface area (Å²) in [5, 5.41) is 4.25. The molecule has 3 aromatic rings. The average molecular weight is 371 g/mol. The van der Waals surface area contributed by atoms with Crippen LogP contribution in [0.5, 0.6) is 0 Å². The standard InChI is InChI=1S/C24H25N3O/c28-24(19-7-9-21(10-8-19)27-14-4-13-25-27)20-15-22-11-12-23(16-20)26(22)17-18-5-2-1-3-6-18/h1-10,13-14,20,22-23H,11-12,15-17H2. The molecule has 2 atom stereocenters. The number of benzene rings is 2. The van der Waals surface area contributed by atoms with Crippen molar-refractivity contribution in [2.45, 2.75) is 44.3 Å². The molecular formula is C24H25N3O. The summed E-state index contributed by atoms with van der Waals surface area (Å²) in [5.74, 6) is 0.461. The van der Waals surface area contributed by atoms with Gasteiger partial charge in [-0.25, -0.2) is 4.68 Å². The highest BCUT2D eigenvalue weighted by Gasteiger charge is 2.42. The van der Waals surface area contributed by atoms with Crippen LogP contribution in [0.2, 0.25) is 0 Å². The number of hydrogen-bond donors (Lipinski definition) is 0. The lowest BCUT2D eigenvalue weighted by Crippen LogP contribution is -2.44. The average Bonchev–Trinajstić information content (AvgIpc) is 3.34. The van der Waals surface area contributed by atoms with Gasteiger partial charge in [0.15, 0.2) is 5.78 Å². The van der Waals surface area contributed by atoms with Gasteiger partial charge in [-0.2, -0.15) is 5.10 Å². The highest BCUT2D eigenvalue weighted by molar-refractivity contribution is 5.98. The second kappa shape index (κ2) is 7.36. The molecule has 2 bridgehead atoms. The van der Waals surface area contributed by atoms with Crippen LogP contribution in [0.3, 0.4) is 0 Å². The lowest BCUT2D eigenvalue weighted by atomic mass is 9.84. The number of nitrogens with zero attached hydrogens (tertiary/aromatic N) is 3. The fourth-order valence-corrected chi connectivity index (χ4v) is 4.98. The molecule has 0 saturated carbocycles. The van der Waals surface area contributed by atoms with E-state index in [2.05, 4.69) is 40.3 Å². The summed E-state index contributed by atoms with van der Waals surface area (Å²) in [5.41, 5.74) is 3.19. The molecule has 0 spiro atoms. The number of piperidine rings is 1. The molecule has 4 nitrogen and oxygen atoms in total. The van der Waals surface area contributed by atoms with E-state index < -0.39 is 0 Å². The molecule has 28 heavy (non-hydrogen) atoms. The van der Waals surface area contributed by atoms with Crippen molar-refractivity contribution in [1.82, 2.24) is 14.7 Å². The third-order valence-corrected chi connectivity index (χ3v) is 6.38. The van der Waals surface area contributed by atoms with E-state index in [1.807, 2.05) is 41.2 Å². The summed E-state index contributed by atoms with van der Waals surface area (Å²) in [6.45, 7) is 1.01. The minimum atomic E-state index is 0.153. The van der Waals surface area contributed by atoms with Gasteiger partial charge in [0.1, 0.15) is 0 Å². The Hall–Kier alpha value is -2.72. The summed E-state index contributed by atoms with van der Waals surface area (Å²) in [4.78, 5) is 15.8. The predicted octanol–water partition coefficient (Wildman–Crippen LogP) is 4.50. The summed E-state index contributed by atoms with van der Waals surface area (Å²) in [6, 6.07) is 21.6. The van der Waals surface area contributed by atoms with Crippen molar-refractivity contribution in [1.29, 1.82) is 0 Å². The summed E-state index contributed by atoms with van der Waals surface area (Å²) in [6.07, 6.45) is 8.10. The van der Waals surface area contributed by atoms with Crippen LogP contribution < -0.4 is 0 Å². The molecule has 0 radical (unpaired) electrons. The van der Waals surface area contributed by atoms with Crippen molar-refractivity contribution >= 4 is 5.78 Å². The number of Topliss-reactive ketones (excluding diaryl/α,β-unsaturated/α-hetero) is 1. The first-order chi connectivity index (χ1) is 13.8. The maximum atomic E-state index is 13.1. The normalized spacial score (nSPS) is 24.4. The largest absolute Gasteiger partial charge is 0.294 e. The fraction of sp³-hybridized carbons (Fsp3) is 0.333. The Balaban J connectivity index is 1.27. The Bertz CT molecular complexity index is 920. The molecule has 3 heterocycles. The molecule has 2 aromatic carbocycles. The summed E-state index contributed by atoms with van der Waals surface area (Å²) < 4.78 is 1.82. The molecule has 1 aromatic heterocycles. The van der Waals surface area contributed by atoms with Crippen LogP contribution >= 0.6 is 0 Å². The number of ketones is 1. The topological polar surface area (TPSA) is 38.1 Å². The van der Waals surface area contributed by atoms with Crippen LogP contribution in [0, 0.1) is 5.92 Å². The summed E-state index contributed by atoms with van der Waals surface area (Å²) >= 11 is 0. The van der Waals surface area contributed by atoms with Crippen molar-refractivity contribution < 1.29 is 4.79 Å². The summed E-state index contributed by atoms with van der Waals surface area (Å²) in [7, 11) is 0. The van der Waals surface area contributed by atoms with Crippen LogP contribution in [0.15, 0.2) is 73.1 Å². The van der Waals surface area contributed by atoms with Gasteiger partial charge < -0.3 is 0 Å². The SMILES string of the molecule is O=C(c1ccc(-n2cccn2)cc1)C1CC2CCC(C1)N2Cc1ccccc1. The molecule has 2 saturated heterocycles.